The van der Waals surface area contributed by atoms with E-state index in [2.05, 4.69) is 10.2 Å². The van der Waals surface area contributed by atoms with Gasteiger partial charge in [0.05, 0.1) is 29.8 Å². The number of rotatable bonds is 5. The van der Waals surface area contributed by atoms with Crippen LogP contribution < -0.4 is 11.1 Å². The van der Waals surface area contributed by atoms with E-state index in [1.165, 1.54) is 11.2 Å². The summed E-state index contributed by atoms with van der Waals surface area (Å²) >= 11 is 0. The first kappa shape index (κ1) is 29.0. The van der Waals surface area contributed by atoms with Gasteiger partial charge in [-0.25, -0.2) is 0 Å². The molecule has 3 aliphatic carbocycles. The van der Waals surface area contributed by atoms with Crippen LogP contribution in [0.5, 0.6) is 5.75 Å². The number of carbonyl (C=O) groups excluding carboxylic acids is 3. The van der Waals surface area contributed by atoms with Crippen LogP contribution in [-0.4, -0.2) is 99.6 Å². The number of amides is 1. The lowest BCUT2D eigenvalue weighted by Crippen LogP contribution is -2.65. The van der Waals surface area contributed by atoms with E-state index < -0.39 is 58.0 Å². The zero-order chi connectivity index (χ0) is 31.0. The zero-order valence-corrected chi connectivity index (χ0v) is 24.3. The minimum Gasteiger partial charge on any atom is -0.508 e. The van der Waals surface area contributed by atoms with Gasteiger partial charge in [-0.1, -0.05) is 0 Å². The van der Waals surface area contributed by atoms with Crippen LogP contribution in [0.3, 0.4) is 0 Å². The number of piperidine rings is 1. The number of aromatic hydroxyl groups is 1. The summed E-state index contributed by atoms with van der Waals surface area (Å²) in [6.45, 7) is 1.76. The number of hydrogen-bond acceptors (Lipinski definition) is 11. The van der Waals surface area contributed by atoms with Crippen molar-refractivity contribution in [3.05, 3.63) is 52.7 Å². The number of aliphatic hydroxyl groups excluding tert-OH is 2. The lowest BCUT2D eigenvalue weighted by molar-refractivity contribution is -0.153. The van der Waals surface area contributed by atoms with Gasteiger partial charge in [-0.05, 0) is 89.1 Å². The second kappa shape index (κ2) is 10.2. The summed E-state index contributed by atoms with van der Waals surface area (Å²) in [7, 11) is 5.19. The molecule has 1 aliphatic heterocycles. The highest BCUT2D eigenvalue weighted by Crippen LogP contribution is 2.54. The number of furan rings is 1. The second-order valence-corrected chi connectivity index (χ2v) is 12.4. The molecule has 0 spiro atoms. The molecule has 1 saturated carbocycles. The molecule has 0 unspecified atom stereocenters. The van der Waals surface area contributed by atoms with Gasteiger partial charge in [0, 0.05) is 23.1 Å². The lowest BCUT2D eigenvalue weighted by Gasteiger charge is -2.50. The van der Waals surface area contributed by atoms with Gasteiger partial charge in [-0.3, -0.25) is 19.3 Å². The van der Waals surface area contributed by atoms with E-state index in [1.807, 2.05) is 13.1 Å². The van der Waals surface area contributed by atoms with Gasteiger partial charge in [-0.15, -0.1) is 0 Å². The smallest absolute Gasteiger partial charge is 0.255 e. The fraction of sp³-hybridized carbons (Fsp3) is 0.452. The molecule has 1 aromatic carbocycles. The summed E-state index contributed by atoms with van der Waals surface area (Å²) in [4.78, 5) is 43.4. The van der Waals surface area contributed by atoms with Crippen LogP contribution in [0.15, 0.2) is 46.0 Å². The first-order valence-corrected chi connectivity index (χ1v) is 14.4. The number of carbonyl (C=O) groups is 3. The average molecular weight is 593 g/mol. The van der Waals surface area contributed by atoms with Crippen molar-refractivity contribution in [2.45, 2.75) is 43.4 Å². The molecule has 0 bridgehead atoms. The van der Waals surface area contributed by atoms with Gasteiger partial charge in [-0.2, -0.15) is 0 Å². The Hall–Kier alpha value is -4.13. The SMILES string of the molecule is CN1CCC(Nc2cc(-c3ccoc3)c3c(c2O)C(O)=C2C(=O)[C@]4(O)C(O)=C(C(N)=O)C(=O)[C@@H](N(C)C)[C@@H]4C[C@@H]2C3)CC1. The quantitative estimate of drug-likeness (QED) is 0.219. The number of hydrogen-bond donors (Lipinski definition) is 6. The predicted octanol–water partition coefficient (Wildman–Crippen LogP) is 1.73. The molecule has 1 amide bonds. The largest absolute Gasteiger partial charge is 0.508 e. The van der Waals surface area contributed by atoms with E-state index >= 15 is 0 Å². The summed E-state index contributed by atoms with van der Waals surface area (Å²) in [5.41, 5.74) is 4.12. The Morgan fingerprint density at radius 3 is 2.49 bits per heavy atom. The summed E-state index contributed by atoms with van der Waals surface area (Å²) in [5.74, 6) is -6.76. The van der Waals surface area contributed by atoms with E-state index in [0.29, 0.717) is 22.4 Å². The van der Waals surface area contributed by atoms with Gasteiger partial charge < -0.3 is 40.8 Å². The Kier molecular flexibility index (Phi) is 6.90. The molecule has 2 heterocycles. The van der Waals surface area contributed by atoms with Crippen molar-refractivity contribution in [1.82, 2.24) is 9.80 Å². The minimum absolute atomic E-state index is 0.0208. The lowest BCUT2D eigenvalue weighted by atomic mass is 9.57. The number of ketones is 2. The van der Waals surface area contributed by atoms with Crippen LogP contribution in [0.2, 0.25) is 0 Å². The Morgan fingerprint density at radius 1 is 1.19 bits per heavy atom. The van der Waals surface area contributed by atoms with Gasteiger partial charge in [0.15, 0.2) is 11.4 Å². The summed E-state index contributed by atoms with van der Waals surface area (Å²) in [6, 6.07) is 2.51. The van der Waals surface area contributed by atoms with Crippen LogP contribution in [0.1, 0.15) is 30.4 Å². The number of likely N-dealkylation sites (tertiary alicyclic amines) is 1. The number of benzene rings is 1. The second-order valence-electron chi connectivity index (χ2n) is 12.4. The molecule has 228 valence electrons. The number of fused-ring (bicyclic) bond motifs is 3. The highest BCUT2D eigenvalue weighted by atomic mass is 16.3. The third kappa shape index (κ3) is 4.27. The fourth-order valence-electron chi connectivity index (χ4n) is 7.47. The van der Waals surface area contributed by atoms with Crippen molar-refractivity contribution in [1.29, 1.82) is 0 Å². The zero-order valence-electron chi connectivity index (χ0n) is 24.3. The number of nitrogens with one attached hydrogen (secondary N) is 1. The van der Waals surface area contributed by atoms with Crippen molar-refractivity contribution in [2.24, 2.45) is 17.6 Å². The number of primary amides is 1. The molecule has 43 heavy (non-hydrogen) atoms. The molecule has 12 nitrogen and oxygen atoms in total. The van der Waals surface area contributed by atoms with Crippen LogP contribution in [0.25, 0.3) is 16.9 Å². The number of nitrogens with two attached hydrogens (primary N) is 1. The number of aliphatic hydroxyl groups is 3. The number of Topliss-reactive ketones (excluding diaryl/α,β-unsaturated/α-hetero) is 2. The predicted molar refractivity (Wildman–Crippen MR) is 156 cm³/mol. The standard InChI is InChI=1S/C31H36N4O8/c1-34(2)24-19-11-15-10-18-17(14-6-9-43-13-14)12-20(33-16-4-7-35(3)8-5-16)25(36)22(18)26(37)21(15)28(39)31(19,42)29(40)23(27(24)38)30(32)41/h6,9,12-13,15-16,19,24,33,36-37,40,42H,4-5,7-8,10-11H2,1-3H3,(H2,32,41)/t15-,19-,24-,31-/m0/s1. The van der Waals surface area contributed by atoms with Crippen molar-refractivity contribution < 1.29 is 39.2 Å². The van der Waals surface area contributed by atoms with E-state index in [1.54, 1.807) is 26.4 Å². The molecule has 7 N–H and O–H groups in total. The fourth-order valence-corrected chi connectivity index (χ4v) is 7.47. The number of nitrogens with zero attached hydrogens (tertiary/aromatic N) is 2. The normalized spacial score (nSPS) is 28.2. The van der Waals surface area contributed by atoms with Crippen molar-refractivity contribution in [3.8, 4) is 16.9 Å². The molecule has 12 heteroatoms. The maximum atomic E-state index is 14.2. The van der Waals surface area contributed by atoms with E-state index in [0.717, 1.165) is 25.9 Å². The minimum atomic E-state index is -2.68. The first-order valence-electron chi connectivity index (χ1n) is 14.4. The number of phenolic OH excluding ortho intramolecular Hbond substituents is 1. The van der Waals surface area contributed by atoms with E-state index in [-0.39, 0.29) is 35.8 Å². The monoisotopic (exact) mass is 592 g/mol. The Bertz CT molecular complexity index is 1580. The van der Waals surface area contributed by atoms with Crippen LogP contribution in [0.4, 0.5) is 5.69 Å². The molecule has 2 aromatic rings. The summed E-state index contributed by atoms with van der Waals surface area (Å²) in [5, 5.41) is 49.7. The Labute approximate surface area is 248 Å². The third-order valence-electron chi connectivity index (χ3n) is 9.63. The molecule has 6 rings (SSSR count). The van der Waals surface area contributed by atoms with E-state index in [9.17, 15) is 34.8 Å². The van der Waals surface area contributed by atoms with Crippen molar-refractivity contribution in [3.63, 3.8) is 0 Å². The molecular weight excluding hydrogens is 556 g/mol. The van der Waals surface area contributed by atoms with Crippen LogP contribution >= 0.6 is 0 Å². The maximum absolute atomic E-state index is 14.2. The van der Waals surface area contributed by atoms with E-state index in [4.69, 9.17) is 10.2 Å². The molecule has 0 radical (unpaired) electrons. The molecule has 1 aromatic heterocycles. The number of anilines is 1. The van der Waals surface area contributed by atoms with Crippen molar-refractivity contribution >= 4 is 28.9 Å². The van der Waals surface area contributed by atoms with Crippen molar-refractivity contribution in [2.75, 3.05) is 39.5 Å². The van der Waals surface area contributed by atoms with Gasteiger partial charge >= 0.3 is 0 Å². The molecule has 2 fully saturated rings. The Balaban J connectivity index is 1.53. The van der Waals surface area contributed by atoms with Gasteiger partial charge in [0.25, 0.3) is 5.91 Å². The van der Waals surface area contributed by atoms with Crippen LogP contribution in [-0.2, 0) is 20.8 Å². The summed E-state index contributed by atoms with van der Waals surface area (Å²) < 4.78 is 5.36. The molecule has 4 atom stereocenters. The molecule has 1 saturated heterocycles. The summed E-state index contributed by atoms with van der Waals surface area (Å²) in [6.07, 6.45) is 4.98. The molecule has 4 aliphatic rings. The highest BCUT2D eigenvalue weighted by Gasteiger charge is 2.64. The topological polar surface area (TPSA) is 190 Å². The Morgan fingerprint density at radius 2 is 1.88 bits per heavy atom. The first-order chi connectivity index (χ1) is 20.4. The maximum Gasteiger partial charge on any atom is 0.255 e. The number of phenols is 1. The number of likely N-dealkylation sites (N-methyl/N-ethyl adjacent to an activating group) is 1. The third-order valence-corrected chi connectivity index (χ3v) is 9.63. The average Bonchev–Trinajstić information content (AvgIpc) is 3.48. The van der Waals surface area contributed by atoms with Gasteiger partial charge in [0.2, 0.25) is 5.78 Å². The molecular formula is C31H36N4O8. The van der Waals surface area contributed by atoms with Gasteiger partial charge in [0.1, 0.15) is 22.8 Å². The van der Waals surface area contributed by atoms with Crippen LogP contribution in [0, 0.1) is 11.8 Å². The highest BCUT2D eigenvalue weighted by molar-refractivity contribution is 6.24.